The Bertz CT molecular complexity index is 388. The fraction of sp³-hybridized carbons (Fsp3) is 0.375. The van der Waals surface area contributed by atoms with E-state index in [-0.39, 0.29) is 12.3 Å². The molecule has 1 aromatic heterocycles. The minimum atomic E-state index is -0.675. The molecule has 0 spiro atoms. The maximum absolute atomic E-state index is 11.1. The minimum absolute atomic E-state index is 0.0607. The molecule has 0 fully saturated rings. The second-order valence-electron chi connectivity index (χ2n) is 2.62. The lowest BCUT2D eigenvalue weighted by molar-refractivity contribution is 0.0997. The van der Waals surface area contributed by atoms with Gasteiger partial charge in [-0.05, 0) is 13.8 Å². The standard InChI is InChI=1S/C8H11N3O3S/c1-3-14-8(13)11-7-5(6(9)12)10-4(2)15-7/h3H2,1-2H3,(H2,9,12)(H,11,13). The second-order valence-corrected chi connectivity index (χ2v) is 3.82. The van der Waals surface area contributed by atoms with Gasteiger partial charge in [0.25, 0.3) is 5.91 Å². The Morgan fingerprint density at radius 3 is 2.80 bits per heavy atom. The topological polar surface area (TPSA) is 94.3 Å². The molecule has 1 rings (SSSR count). The molecule has 0 saturated carbocycles. The smallest absolute Gasteiger partial charge is 0.412 e. The van der Waals surface area contributed by atoms with Gasteiger partial charge in [-0.3, -0.25) is 10.1 Å². The summed E-state index contributed by atoms with van der Waals surface area (Å²) in [6.07, 6.45) is -0.622. The van der Waals surface area contributed by atoms with E-state index < -0.39 is 12.0 Å². The number of rotatable bonds is 3. The monoisotopic (exact) mass is 229 g/mol. The van der Waals surface area contributed by atoms with Crippen LogP contribution in [0, 0.1) is 6.92 Å². The maximum Gasteiger partial charge on any atom is 0.412 e. The summed E-state index contributed by atoms with van der Waals surface area (Å²) in [5, 5.41) is 3.37. The average Bonchev–Trinajstić information content (AvgIpc) is 2.47. The molecule has 0 radical (unpaired) electrons. The van der Waals surface area contributed by atoms with Gasteiger partial charge in [0.1, 0.15) is 5.00 Å². The normalized spacial score (nSPS) is 9.73. The summed E-state index contributed by atoms with van der Waals surface area (Å²) in [5.41, 5.74) is 5.15. The third kappa shape index (κ3) is 2.91. The fourth-order valence-corrected chi connectivity index (χ4v) is 1.75. The number of aryl methyl sites for hydroxylation is 1. The summed E-state index contributed by atoms with van der Waals surface area (Å²) in [4.78, 5) is 25.9. The van der Waals surface area contributed by atoms with Gasteiger partial charge in [0.15, 0.2) is 5.69 Å². The zero-order valence-electron chi connectivity index (χ0n) is 8.36. The summed E-state index contributed by atoms with van der Waals surface area (Å²) in [5.74, 6) is -0.675. The lowest BCUT2D eigenvalue weighted by Crippen LogP contribution is -2.18. The van der Waals surface area contributed by atoms with Crippen LogP contribution in [0.5, 0.6) is 0 Å². The number of hydrogen-bond acceptors (Lipinski definition) is 5. The molecule has 6 nitrogen and oxygen atoms in total. The predicted octanol–water partition coefficient (Wildman–Crippen LogP) is 1.12. The Morgan fingerprint density at radius 2 is 2.27 bits per heavy atom. The third-order valence-electron chi connectivity index (χ3n) is 1.46. The van der Waals surface area contributed by atoms with Crippen LogP contribution in [0.2, 0.25) is 0 Å². The van der Waals surface area contributed by atoms with Gasteiger partial charge in [-0.25, -0.2) is 9.78 Å². The molecule has 2 amide bonds. The summed E-state index contributed by atoms with van der Waals surface area (Å²) in [6, 6.07) is 0. The van der Waals surface area contributed by atoms with Crippen LogP contribution in [-0.4, -0.2) is 23.6 Å². The van der Waals surface area contributed by atoms with Crippen molar-refractivity contribution < 1.29 is 14.3 Å². The number of thiazole rings is 1. The first-order chi connectivity index (χ1) is 7.04. The molecule has 0 atom stereocenters. The van der Waals surface area contributed by atoms with E-state index in [1.165, 1.54) is 11.3 Å². The molecule has 0 aliphatic carbocycles. The number of amides is 2. The molecular formula is C8H11N3O3S. The van der Waals surface area contributed by atoms with E-state index in [0.717, 1.165) is 0 Å². The van der Waals surface area contributed by atoms with Crippen molar-refractivity contribution in [3.8, 4) is 0 Å². The lowest BCUT2D eigenvalue weighted by Gasteiger charge is -2.02. The number of carbonyl (C=O) groups excluding carboxylic acids is 2. The average molecular weight is 229 g/mol. The molecule has 7 heteroatoms. The molecule has 0 bridgehead atoms. The van der Waals surface area contributed by atoms with Crippen molar-refractivity contribution >= 4 is 28.3 Å². The molecule has 15 heavy (non-hydrogen) atoms. The number of aromatic nitrogens is 1. The van der Waals surface area contributed by atoms with E-state index in [2.05, 4.69) is 15.0 Å². The zero-order valence-corrected chi connectivity index (χ0v) is 9.18. The van der Waals surface area contributed by atoms with E-state index in [9.17, 15) is 9.59 Å². The zero-order chi connectivity index (χ0) is 11.4. The van der Waals surface area contributed by atoms with E-state index >= 15 is 0 Å². The van der Waals surface area contributed by atoms with Crippen LogP contribution < -0.4 is 11.1 Å². The van der Waals surface area contributed by atoms with Gasteiger partial charge >= 0.3 is 6.09 Å². The van der Waals surface area contributed by atoms with E-state index in [1.54, 1.807) is 13.8 Å². The highest BCUT2D eigenvalue weighted by Gasteiger charge is 2.16. The second kappa shape index (κ2) is 4.74. The lowest BCUT2D eigenvalue weighted by atomic mass is 10.4. The summed E-state index contributed by atoms with van der Waals surface area (Å²) in [7, 11) is 0. The number of nitrogens with zero attached hydrogens (tertiary/aromatic N) is 1. The number of hydrogen-bond donors (Lipinski definition) is 2. The highest BCUT2D eigenvalue weighted by molar-refractivity contribution is 7.16. The fourth-order valence-electron chi connectivity index (χ4n) is 0.939. The van der Waals surface area contributed by atoms with Gasteiger partial charge in [-0.15, -0.1) is 11.3 Å². The maximum atomic E-state index is 11.1. The number of nitrogens with one attached hydrogen (secondary N) is 1. The van der Waals surface area contributed by atoms with Crippen LogP contribution in [0.25, 0.3) is 0 Å². The van der Waals surface area contributed by atoms with E-state index in [1.807, 2.05) is 0 Å². The van der Waals surface area contributed by atoms with Gasteiger partial charge in [0.2, 0.25) is 0 Å². The molecule has 0 aliphatic heterocycles. The third-order valence-corrected chi connectivity index (χ3v) is 2.34. The van der Waals surface area contributed by atoms with Crippen LogP contribution in [0.3, 0.4) is 0 Å². The Hall–Kier alpha value is -1.63. The van der Waals surface area contributed by atoms with Gasteiger partial charge < -0.3 is 10.5 Å². The first kappa shape index (κ1) is 11.4. The van der Waals surface area contributed by atoms with Gasteiger partial charge in [-0.2, -0.15) is 0 Å². The van der Waals surface area contributed by atoms with E-state index in [0.29, 0.717) is 10.0 Å². The highest BCUT2D eigenvalue weighted by atomic mass is 32.1. The van der Waals surface area contributed by atoms with Crippen LogP contribution in [0.15, 0.2) is 0 Å². The molecule has 0 saturated heterocycles. The Balaban J connectivity index is 2.84. The Labute approximate surface area is 90.4 Å². The van der Waals surface area contributed by atoms with Crippen molar-refractivity contribution in [1.82, 2.24) is 4.98 Å². The summed E-state index contributed by atoms with van der Waals surface area (Å²) in [6.45, 7) is 3.66. The van der Waals surface area contributed by atoms with Crippen molar-refractivity contribution in [3.63, 3.8) is 0 Å². The number of anilines is 1. The van der Waals surface area contributed by atoms with Crippen molar-refractivity contribution in [3.05, 3.63) is 10.7 Å². The van der Waals surface area contributed by atoms with Crippen molar-refractivity contribution in [1.29, 1.82) is 0 Å². The quantitative estimate of drug-likeness (QED) is 0.811. The number of carbonyl (C=O) groups is 2. The van der Waals surface area contributed by atoms with Gasteiger partial charge in [-0.1, -0.05) is 0 Å². The number of nitrogens with two attached hydrogens (primary N) is 1. The van der Waals surface area contributed by atoms with Crippen LogP contribution in [0.1, 0.15) is 22.4 Å². The van der Waals surface area contributed by atoms with Crippen LogP contribution in [-0.2, 0) is 4.74 Å². The number of primary amides is 1. The first-order valence-corrected chi connectivity index (χ1v) is 5.07. The van der Waals surface area contributed by atoms with Crippen LogP contribution in [0.4, 0.5) is 9.80 Å². The van der Waals surface area contributed by atoms with E-state index in [4.69, 9.17) is 5.73 Å². The SMILES string of the molecule is CCOC(=O)Nc1sc(C)nc1C(N)=O. The van der Waals surface area contributed by atoms with Crippen molar-refractivity contribution in [2.24, 2.45) is 5.73 Å². The molecule has 1 aromatic rings. The Morgan fingerprint density at radius 1 is 1.60 bits per heavy atom. The predicted molar refractivity (Wildman–Crippen MR) is 56.0 cm³/mol. The van der Waals surface area contributed by atoms with Gasteiger partial charge in [0.05, 0.1) is 11.6 Å². The highest BCUT2D eigenvalue weighted by Crippen LogP contribution is 2.23. The molecule has 0 aromatic carbocycles. The van der Waals surface area contributed by atoms with Crippen molar-refractivity contribution in [2.45, 2.75) is 13.8 Å². The Kier molecular flexibility index (Phi) is 3.62. The molecule has 0 aliphatic rings. The molecule has 0 unspecified atom stereocenters. The van der Waals surface area contributed by atoms with Crippen LogP contribution >= 0.6 is 11.3 Å². The van der Waals surface area contributed by atoms with Crippen molar-refractivity contribution in [2.75, 3.05) is 11.9 Å². The largest absolute Gasteiger partial charge is 0.450 e. The van der Waals surface area contributed by atoms with Gasteiger partial charge in [0, 0.05) is 0 Å². The molecule has 3 N–H and O–H groups in total. The summed E-state index contributed by atoms with van der Waals surface area (Å²) < 4.78 is 4.67. The number of ether oxygens (including phenoxy) is 1. The molecule has 82 valence electrons. The minimum Gasteiger partial charge on any atom is -0.450 e. The first-order valence-electron chi connectivity index (χ1n) is 4.25. The molecule has 1 heterocycles. The summed E-state index contributed by atoms with van der Waals surface area (Å²) >= 11 is 1.17. The molecular weight excluding hydrogens is 218 g/mol.